The van der Waals surface area contributed by atoms with Gasteiger partial charge in [0.15, 0.2) is 0 Å². The minimum atomic E-state index is -4.20. The number of hydrazine groups is 1. The molecular weight excluding hydrogens is 270 g/mol. The Bertz CT molecular complexity index is 425. The summed E-state index contributed by atoms with van der Waals surface area (Å²) in [6, 6.07) is 2.68. The summed E-state index contributed by atoms with van der Waals surface area (Å²) < 4.78 is 53.1. The van der Waals surface area contributed by atoms with E-state index in [0.717, 1.165) is 6.20 Å². The fourth-order valence-electron chi connectivity index (χ4n) is 1.08. The van der Waals surface area contributed by atoms with Crippen molar-refractivity contribution in [2.75, 3.05) is 6.61 Å². The molecule has 106 valence electrons. The SMILES string of the molecule is NNC(=O)c1ccc(COCC(F)(F)C(F)F)nc1. The third kappa shape index (κ3) is 4.45. The summed E-state index contributed by atoms with van der Waals surface area (Å²) >= 11 is 0. The second kappa shape index (κ2) is 6.43. The van der Waals surface area contributed by atoms with Crippen LogP contribution in [0.2, 0.25) is 0 Å². The number of carbonyl (C=O) groups excluding carboxylic acids is 1. The summed E-state index contributed by atoms with van der Waals surface area (Å²) in [5.74, 6) is 0.132. The second-order valence-corrected chi connectivity index (χ2v) is 3.57. The van der Waals surface area contributed by atoms with Crippen molar-refractivity contribution >= 4 is 5.91 Å². The number of alkyl halides is 4. The normalized spacial score (nSPS) is 11.7. The van der Waals surface area contributed by atoms with Crippen molar-refractivity contribution in [2.24, 2.45) is 5.84 Å². The molecule has 0 radical (unpaired) electrons. The molecular formula is C10H11F4N3O2. The fraction of sp³-hybridized carbons (Fsp3) is 0.400. The molecule has 0 unspecified atom stereocenters. The van der Waals surface area contributed by atoms with Crippen molar-refractivity contribution in [1.29, 1.82) is 0 Å². The Morgan fingerprint density at radius 1 is 1.47 bits per heavy atom. The number of nitrogens with zero attached hydrogens (tertiary/aromatic N) is 1. The molecule has 0 bridgehead atoms. The molecule has 3 N–H and O–H groups in total. The van der Waals surface area contributed by atoms with Gasteiger partial charge in [0, 0.05) is 6.20 Å². The van der Waals surface area contributed by atoms with E-state index >= 15 is 0 Å². The zero-order valence-corrected chi connectivity index (χ0v) is 9.58. The van der Waals surface area contributed by atoms with E-state index in [2.05, 4.69) is 9.72 Å². The van der Waals surface area contributed by atoms with E-state index in [1.165, 1.54) is 12.1 Å². The molecule has 0 aliphatic rings. The number of halogens is 4. The molecule has 0 saturated heterocycles. The van der Waals surface area contributed by atoms with Crippen LogP contribution < -0.4 is 11.3 Å². The smallest absolute Gasteiger partial charge is 0.330 e. The Morgan fingerprint density at radius 3 is 2.63 bits per heavy atom. The van der Waals surface area contributed by atoms with Crippen molar-refractivity contribution in [3.63, 3.8) is 0 Å². The quantitative estimate of drug-likeness (QED) is 0.354. The molecule has 9 heteroatoms. The van der Waals surface area contributed by atoms with E-state index < -0.39 is 24.9 Å². The minimum absolute atomic E-state index is 0.171. The zero-order chi connectivity index (χ0) is 14.5. The average molecular weight is 281 g/mol. The van der Waals surface area contributed by atoms with Crippen LogP contribution in [-0.2, 0) is 11.3 Å². The molecule has 0 aliphatic carbocycles. The van der Waals surface area contributed by atoms with Crippen LogP contribution in [0.4, 0.5) is 17.6 Å². The van der Waals surface area contributed by atoms with Crippen molar-refractivity contribution in [3.05, 3.63) is 29.6 Å². The molecule has 0 aromatic carbocycles. The Kier molecular flexibility index (Phi) is 5.19. The van der Waals surface area contributed by atoms with Crippen LogP contribution in [0.5, 0.6) is 0 Å². The van der Waals surface area contributed by atoms with Crippen LogP contribution >= 0.6 is 0 Å². The highest BCUT2D eigenvalue weighted by molar-refractivity contribution is 5.93. The summed E-state index contributed by atoms with van der Waals surface area (Å²) in [4.78, 5) is 14.8. The second-order valence-electron chi connectivity index (χ2n) is 3.57. The molecule has 1 aromatic heterocycles. The van der Waals surface area contributed by atoms with Crippen LogP contribution in [0.15, 0.2) is 18.3 Å². The van der Waals surface area contributed by atoms with Crippen molar-refractivity contribution in [1.82, 2.24) is 10.4 Å². The molecule has 0 aliphatic heterocycles. The topological polar surface area (TPSA) is 77.2 Å². The molecule has 5 nitrogen and oxygen atoms in total. The molecule has 0 saturated carbocycles. The van der Waals surface area contributed by atoms with Gasteiger partial charge < -0.3 is 4.74 Å². The highest BCUT2D eigenvalue weighted by Crippen LogP contribution is 2.23. The first-order valence-electron chi connectivity index (χ1n) is 5.06. The number of hydrogen-bond acceptors (Lipinski definition) is 4. The predicted octanol–water partition coefficient (Wildman–Crippen LogP) is 1.10. The van der Waals surface area contributed by atoms with E-state index in [1.807, 2.05) is 5.43 Å². The third-order valence-corrected chi connectivity index (χ3v) is 2.08. The first-order chi connectivity index (χ1) is 8.86. The predicted molar refractivity (Wildman–Crippen MR) is 56.5 cm³/mol. The first kappa shape index (κ1) is 15.3. The maximum absolute atomic E-state index is 12.5. The van der Waals surface area contributed by atoms with Gasteiger partial charge in [-0.05, 0) is 12.1 Å². The monoisotopic (exact) mass is 281 g/mol. The van der Waals surface area contributed by atoms with Crippen LogP contribution in [0, 0.1) is 0 Å². The number of pyridine rings is 1. The lowest BCUT2D eigenvalue weighted by Crippen LogP contribution is -2.32. The number of nitrogens with one attached hydrogen (secondary N) is 1. The van der Waals surface area contributed by atoms with Gasteiger partial charge in [-0.1, -0.05) is 0 Å². The van der Waals surface area contributed by atoms with E-state index in [-0.39, 0.29) is 17.9 Å². The van der Waals surface area contributed by atoms with E-state index in [9.17, 15) is 22.4 Å². The van der Waals surface area contributed by atoms with Crippen LogP contribution in [0.1, 0.15) is 16.1 Å². The van der Waals surface area contributed by atoms with Crippen LogP contribution in [0.3, 0.4) is 0 Å². The average Bonchev–Trinajstić information content (AvgIpc) is 2.38. The fourth-order valence-corrected chi connectivity index (χ4v) is 1.08. The molecule has 1 heterocycles. The summed E-state index contributed by atoms with van der Waals surface area (Å²) in [6.07, 6.45) is -2.62. The molecule has 0 fully saturated rings. The third-order valence-electron chi connectivity index (χ3n) is 2.08. The Hall–Kier alpha value is -1.74. The standard InChI is InChI=1S/C10H11F4N3O2/c11-9(12)10(13,14)5-19-4-7-2-1-6(3-16-7)8(18)17-15/h1-3,9H,4-5,15H2,(H,17,18). The summed E-state index contributed by atoms with van der Waals surface area (Å²) in [5, 5.41) is 0. The maximum Gasteiger partial charge on any atom is 0.330 e. The highest BCUT2D eigenvalue weighted by Gasteiger charge is 2.40. The van der Waals surface area contributed by atoms with Gasteiger partial charge in [0.05, 0.1) is 17.9 Å². The Balaban J connectivity index is 2.49. The van der Waals surface area contributed by atoms with E-state index in [4.69, 9.17) is 5.84 Å². The van der Waals surface area contributed by atoms with Gasteiger partial charge in [-0.25, -0.2) is 14.6 Å². The van der Waals surface area contributed by atoms with Crippen LogP contribution in [-0.4, -0.2) is 29.8 Å². The lowest BCUT2D eigenvalue weighted by molar-refractivity contribution is -0.168. The maximum atomic E-state index is 12.5. The largest absolute Gasteiger partial charge is 0.369 e. The number of nitrogens with two attached hydrogens (primary N) is 1. The molecule has 1 amide bonds. The number of amides is 1. The van der Waals surface area contributed by atoms with Crippen molar-refractivity contribution in [3.8, 4) is 0 Å². The number of carbonyl (C=O) groups is 1. The number of aromatic nitrogens is 1. The van der Waals surface area contributed by atoms with Gasteiger partial charge >= 0.3 is 12.3 Å². The zero-order valence-electron chi connectivity index (χ0n) is 9.58. The first-order valence-corrected chi connectivity index (χ1v) is 5.06. The number of ether oxygens (including phenoxy) is 1. The van der Waals surface area contributed by atoms with Gasteiger partial charge in [0.1, 0.15) is 6.61 Å². The minimum Gasteiger partial charge on any atom is -0.369 e. The number of nitrogen functional groups attached to an aromatic ring is 1. The Labute approximate surface area is 105 Å². The van der Waals surface area contributed by atoms with Gasteiger partial charge in [0.2, 0.25) is 0 Å². The number of rotatable bonds is 6. The van der Waals surface area contributed by atoms with Crippen molar-refractivity contribution < 1.29 is 27.1 Å². The van der Waals surface area contributed by atoms with Gasteiger partial charge in [-0.15, -0.1) is 0 Å². The van der Waals surface area contributed by atoms with Gasteiger partial charge in [-0.2, -0.15) is 8.78 Å². The van der Waals surface area contributed by atoms with Crippen molar-refractivity contribution in [2.45, 2.75) is 19.0 Å². The van der Waals surface area contributed by atoms with E-state index in [1.54, 1.807) is 0 Å². The van der Waals surface area contributed by atoms with Crippen LogP contribution in [0.25, 0.3) is 0 Å². The highest BCUT2D eigenvalue weighted by atomic mass is 19.3. The number of hydrogen-bond donors (Lipinski definition) is 2. The van der Waals surface area contributed by atoms with Gasteiger partial charge in [-0.3, -0.25) is 15.2 Å². The molecule has 1 rings (SSSR count). The summed E-state index contributed by atoms with van der Waals surface area (Å²) in [6.45, 7) is -1.77. The lowest BCUT2D eigenvalue weighted by Gasteiger charge is -2.14. The summed E-state index contributed by atoms with van der Waals surface area (Å²) in [7, 11) is 0. The molecule has 19 heavy (non-hydrogen) atoms. The molecule has 1 aromatic rings. The molecule has 0 spiro atoms. The van der Waals surface area contributed by atoms with E-state index in [0.29, 0.717) is 0 Å². The Morgan fingerprint density at radius 2 is 2.16 bits per heavy atom. The molecule has 0 atom stereocenters. The van der Waals surface area contributed by atoms with Gasteiger partial charge in [0.25, 0.3) is 5.91 Å². The summed E-state index contributed by atoms with van der Waals surface area (Å²) in [5.41, 5.74) is 2.28. The lowest BCUT2D eigenvalue weighted by atomic mass is 10.2.